The molecular formula is C15H17IO4. The van der Waals surface area contributed by atoms with E-state index in [1.165, 1.54) is 16.1 Å². The minimum Gasteiger partial charge on any atom is -0.463 e. The topological polar surface area (TPSA) is 55.8 Å². The zero-order valence-electron chi connectivity index (χ0n) is 11.2. The third-order valence-electron chi connectivity index (χ3n) is 3.05. The average Bonchev–Trinajstić information content (AvgIpc) is 2.42. The van der Waals surface area contributed by atoms with Gasteiger partial charge in [0.1, 0.15) is 18.8 Å². The highest BCUT2D eigenvalue weighted by atomic mass is 127. The monoisotopic (exact) mass is 388 g/mol. The normalized spacial score (nSPS) is 25.4. The van der Waals surface area contributed by atoms with Crippen molar-refractivity contribution in [1.29, 1.82) is 0 Å². The molecule has 1 aromatic carbocycles. The number of hydrogen-bond acceptors (Lipinski definition) is 4. The molecule has 1 aliphatic rings. The Hall–Kier alpha value is -0.920. The average molecular weight is 388 g/mol. The molecule has 0 aromatic heterocycles. The zero-order chi connectivity index (χ0) is 14.5. The molecule has 4 nitrogen and oxygen atoms in total. The van der Waals surface area contributed by atoms with Gasteiger partial charge >= 0.3 is 5.97 Å². The Kier molecular flexibility index (Phi) is 5.56. The highest BCUT2D eigenvalue weighted by molar-refractivity contribution is 14.1. The van der Waals surface area contributed by atoms with E-state index < -0.39 is 12.2 Å². The van der Waals surface area contributed by atoms with Crippen LogP contribution in [0.1, 0.15) is 12.5 Å². The summed E-state index contributed by atoms with van der Waals surface area (Å²) in [5, 5.41) is 9.80. The number of benzene rings is 1. The van der Waals surface area contributed by atoms with E-state index in [1.54, 1.807) is 6.08 Å². The van der Waals surface area contributed by atoms with E-state index in [-0.39, 0.29) is 18.7 Å². The van der Waals surface area contributed by atoms with Crippen LogP contribution in [0, 0.1) is 3.57 Å². The molecule has 0 amide bonds. The number of rotatable bonds is 4. The molecule has 108 valence electrons. The van der Waals surface area contributed by atoms with Gasteiger partial charge in [-0.15, -0.1) is 0 Å². The maximum Gasteiger partial charge on any atom is 0.302 e. The van der Waals surface area contributed by atoms with Crippen molar-refractivity contribution in [3.8, 4) is 0 Å². The summed E-state index contributed by atoms with van der Waals surface area (Å²) in [6.07, 6.45) is 2.94. The predicted molar refractivity (Wildman–Crippen MR) is 83.3 cm³/mol. The van der Waals surface area contributed by atoms with Gasteiger partial charge in [0.15, 0.2) is 0 Å². The molecule has 0 radical (unpaired) electrons. The molecule has 0 spiro atoms. The molecule has 1 N–H and O–H groups in total. The Labute approximate surface area is 131 Å². The number of aliphatic hydroxyl groups is 1. The largest absolute Gasteiger partial charge is 0.463 e. The van der Waals surface area contributed by atoms with Crippen LogP contribution in [0.3, 0.4) is 0 Å². The summed E-state index contributed by atoms with van der Waals surface area (Å²) >= 11 is 2.26. The number of hydrogen-bond donors (Lipinski definition) is 1. The van der Waals surface area contributed by atoms with Crippen LogP contribution < -0.4 is 0 Å². The number of halogens is 1. The maximum atomic E-state index is 10.8. The highest BCUT2D eigenvalue weighted by Crippen LogP contribution is 2.18. The minimum absolute atomic E-state index is 0.0734. The Morgan fingerprint density at radius 2 is 2.05 bits per heavy atom. The van der Waals surface area contributed by atoms with Crippen molar-refractivity contribution in [1.82, 2.24) is 0 Å². The minimum atomic E-state index is -0.734. The van der Waals surface area contributed by atoms with Crippen LogP contribution >= 0.6 is 22.6 Å². The second-order valence-electron chi connectivity index (χ2n) is 4.72. The summed E-state index contributed by atoms with van der Waals surface area (Å²) in [6, 6.07) is 8.22. The molecule has 3 atom stereocenters. The summed E-state index contributed by atoms with van der Waals surface area (Å²) in [7, 11) is 0. The Balaban J connectivity index is 1.94. The number of aliphatic hydroxyl groups excluding tert-OH is 1. The van der Waals surface area contributed by atoms with Crippen LogP contribution in [-0.4, -0.2) is 36.0 Å². The first-order valence-corrected chi connectivity index (χ1v) is 7.52. The predicted octanol–water partition coefficient (Wildman–Crippen LogP) is 2.08. The van der Waals surface area contributed by atoms with Crippen LogP contribution in [-0.2, 0) is 20.7 Å². The highest BCUT2D eigenvalue weighted by Gasteiger charge is 2.26. The van der Waals surface area contributed by atoms with Crippen molar-refractivity contribution in [2.45, 2.75) is 31.7 Å². The van der Waals surface area contributed by atoms with Gasteiger partial charge in [-0.05, 0) is 40.3 Å². The summed E-state index contributed by atoms with van der Waals surface area (Å²) < 4.78 is 11.9. The summed E-state index contributed by atoms with van der Waals surface area (Å²) in [5.41, 5.74) is 1.17. The van der Waals surface area contributed by atoms with Gasteiger partial charge in [0.05, 0.1) is 6.10 Å². The summed E-state index contributed by atoms with van der Waals surface area (Å²) in [6.45, 7) is 1.41. The van der Waals surface area contributed by atoms with Crippen LogP contribution in [0.15, 0.2) is 36.4 Å². The maximum absolute atomic E-state index is 10.8. The van der Waals surface area contributed by atoms with Crippen molar-refractivity contribution in [2.75, 3.05) is 6.61 Å². The Bertz CT molecular complexity index is 483. The van der Waals surface area contributed by atoms with Gasteiger partial charge in [0, 0.05) is 16.9 Å². The molecule has 1 aromatic rings. The molecule has 0 fully saturated rings. The number of carbonyl (C=O) groups is 1. The van der Waals surface area contributed by atoms with E-state index in [9.17, 15) is 9.90 Å². The number of esters is 1. The second kappa shape index (κ2) is 7.19. The molecular weight excluding hydrogens is 371 g/mol. The third kappa shape index (κ3) is 4.57. The van der Waals surface area contributed by atoms with E-state index in [1.807, 2.05) is 18.2 Å². The molecule has 2 rings (SSSR count). The first-order valence-electron chi connectivity index (χ1n) is 6.44. The second-order valence-corrected chi connectivity index (χ2v) is 5.97. The lowest BCUT2D eigenvalue weighted by molar-refractivity contribution is -0.150. The molecule has 0 saturated heterocycles. The number of ether oxygens (including phenoxy) is 2. The van der Waals surface area contributed by atoms with E-state index in [4.69, 9.17) is 9.47 Å². The van der Waals surface area contributed by atoms with Crippen LogP contribution in [0.4, 0.5) is 0 Å². The molecule has 0 saturated carbocycles. The van der Waals surface area contributed by atoms with Gasteiger partial charge < -0.3 is 14.6 Å². The van der Waals surface area contributed by atoms with Gasteiger partial charge in [0.25, 0.3) is 0 Å². The van der Waals surface area contributed by atoms with Crippen molar-refractivity contribution < 1.29 is 19.4 Å². The van der Waals surface area contributed by atoms with Gasteiger partial charge in [-0.3, -0.25) is 4.79 Å². The van der Waals surface area contributed by atoms with Crippen molar-refractivity contribution in [3.63, 3.8) is 0 Å². The fourth-order valence-electron chi connectivity index (χ4n) is 2.02. The van der Waals surface area contributed by atoms with E-state index in [0.29, 0.717) is 0 Å². The fraction of sp³-hybridized carbons (Fsp3) is 0.400. The first-order chi connectivity index (χ1) is 9.54. The van der Waals surface area contributed by atoms with Crippen LogP contribution in [0.25, 0.3) is 0 Å². The molecule has 5 heteroatoms. The summed E-state index contributed by atoms with van der Waals surface area (Å²) in [4.78, 5) is 10.8. The Morgan fingerprint density at radius 1 is 1.35 bits per heavy atom. The fourth-order valence-corrected chi connectivity index (χ4v) is 2.38. The lowest BCUT2D eigenvalue weighted by Gasteiger charge is -2.29. The molecule has 0 bridgehead atoms. The SMILES string of the molecule is CC(=O)OC[C@H]1O[C@H](Cc2ccc(I)cc2)C=C[C@@H]1O. The third-order valence-corrected chi connectivity index (χ3v) is 3.77. The number of carbonyl (C=O) groups excluding carboxylic acids is 1. The van der Waals surface area contributed by atoms with Crippen LogP contribution in [0.5, 0.6) is 0 Å². The van der Waals surface area contributed by atoms with E-state index in [2.05, 4.69) is 34.7 Å². The smallest absolute Gasteiger partial charge is 0.302 e. The van der Waals surface area contributed by atoms with Gasteiger partial charge in [-0.25, -0.2) is 0 Å². The first kappa shape index (κ1) is 15.5. The molecule has 20 heavy (non-hydrogen) atoms. The van der Waals surface area contributed by atoms with Crippen molar-refractivity contribution >= 4 is 28.6 Å². The van der Waals surface area contributed by atoms with Crippen LogP contribution in [0.2, 0.25) is 0 Å². The molecule has 0 unspecified atom stereocenters. The molecule has 1 heterocycles. The van der Waals surface area contributed by atoms with Crippen molar-refractivity contribution in [3.05, 3.63) is 45.6 Å². The molecule has 1 aliphatic heterocycles. The summed E-state index contributed by atoms with van der Waals surface area (Å²) in [5.74, 6) is -0.371. The van der Waals surface area contributed by atoms with Gasteiger partial charge in [-0.2, -0.15) is 0 Å². The molecule has 0 aliphatic carbocycles. The van der Waals surface area contributed by atoms with Crippen molar-refractivity contribution in [2.24, 2.45) is 0 Å². The van der Waals surface area contributed by atoms with Gasteiger partial charge in [0.2, 0.25) is 0 Å². The standard InChI is InChI=1S/C15H17IO4/c1-10(17)19-9-15-14(18)7-6-13(20-15)8-11-2-4-12(16)5-3-11/h2-7,13-15,18H,8-9H2,1H3/t13-,14-,15+/m0/s1. The Morgan fingerprint density at radius 3 is 2.70 bits per heavy atom. The van der Waals surface area contributed by atoms with Gasteiger partial charge in [-0.1, -0.05) is 24.3 Å². The lowest BCUT2D eigenvalue weighted by Crippen LogP contribution is -2.39. The quantitative estimate of drug-likeness (QED) is 0.488. The van der Waals surface area contributed by atoms with E-state index >= 15 is 0 Å². The van der Waals surface area contributed by atoms with E-state index in [0.717, 1.165) is 6.42 Å². The zero-order valence-corrected chi connectivity index (χ0v) is 13.3. The lowest BCUT2D eigenvalue weighted by atomic mass is 10.0.